The molecule has 2 N–H and O–H groups in total. The third-order valence-corrected chi connectivity index (χ3v) is 2.86. The van der Waals surface area contributed by atoms with Gasteiger partial charge in [-0.15, -0.1) is 0 Å². The molecule has 2 aromatic carbocycles. The highest BCUT2D eigenvalue weighted by Gasteiger charge is 2.06. The summed E-state index contributed by atoms with van der Waals surface area (Å²) in [6, 6.07) is 9.43. The van der Waals surface area contributed by atoms with Crippen LogP contribution in [0.4, 0.5) is 0 Å². The largest absolute Gasteiger partial charge is 0.497 e. The predicted molar refractivity (Wildman–Crippen MR) is 75.3 cm³/mol. The molecule has 4 heteroatoms. The lowest BCUT2D eigenvalue weighted by atomic mass is 10.0. The van der Waals surface area contributed by atoms with Crippen LogP contribution in [-0.2, 0) is 4.79 Å². The lowest BCUT2D eigenvalue weighted by Crippen LogP contribution is -2.05. The predicted octanol–water partition coefficient (Wildman–Crippen LogP) is 2.36. The normalized spacial score (nSPS) is 10.8. The number of fused-ring (bicyclic) bond motifs is 1. The van der Waals surface area contributed by atoms with Crippen LogP contribution in [0.2, 0.25) is 0 Å². The van der Waals surface area contributed by atoms with Crippen molar-refractivity contribution in [2.75, 3.05) is 14.2 Å². The minimum Gasteiger partial charge on any atom is -0.497 e. The molecule has 0 radical (unpaired) electrons. The molecule has 0 saturated carbocycles. The highest BCUT2D eigenvalue weighted by atomic mass is 16.5. The van der Waals surface area contributed by atoms with Gasteiger partial charge in [-0.25, -0.2) is 0 Å². The number of benzene rings is 2. The second kappa shape index (κ2) is 5.44. The van der Waals surface area contributed by atoms with Crippen molar-refractivity contribution in [2.45, 2.75) is 0 Å². The van der Waals surface area contributed by atoms with Crippen molar-refractivity contribution in [3.8, 4) is 11.5 Å². The molecule has 19 heavy (non-hydrogen) atoms. The smallest absolute Gasteiger partial charge is 0.241 e. The number of carbonyl (C=O) groups is 1. The van der Waals surface area contributed by atoms with E-state index in [4.69, 9.17) is 15.2 Å². The van der Waals surface area contributed by atoms with Crippen molar-refractivity contribution in [1.29, 1.82) is 0 Å². The summed E-state index contributed by atoms with van der Waals surface area (Å²) >= 11 is 0. The summed E-state index contributed by atoms with van der Waals surface area (Å²) in [5.41, 5.74) is 6.00. The van der Waals surface area contributed by atoms with Crippen molar-refractivity contribution in [3.63, 3.8) is 0 Å². The Balaban J connectivity index is 2.67. The van der Waals surface area contributed by atoms with Gasteiger partial charge in [0.2, 0.25) is 5.91 Å². The fourth-order valence-corrected chi connectivity index (χ4v) is 1.94. The van der Waals surface area contributed by atoms with Crippen LogP contribution in [0.3, 0.4) is 0 Å². The molecule has 0 fully saturated rings. The van der Waals surface area contributed by atoms with Gasteiger partial charge in [-0.05, 0) is 41.3 Å². The molecule has 0 heterocycles. The average Bonchev–Trinajstić information content (AvgIpc) is 2.43. The number of hydrogen-bond acceptors (Lipinski definition) is 3. The first-order valence-electron chi connectivity index (χ1n) is 5.78. The van der Waals surface area contributed by atoms with E-state index in [9.17, 15) is 4.79 Å². The molecule has 2 rings (SSSR count). The fourth-order valence-electron chi connectivity index (χ4n) is 1.94. The lowest BCUT2D eigenvalue weighted by Gasteiger charge is -2.09. The third kappa shape index (κ3) is 2.68. The SMILES string of the molecule is COc1ccc2c(OC)ccc(/C=C\C(N)=O)c2c1. The molecule has 0 bridgehead atoms. The maximum atomic E-state index is 10.8. The lowest BCUT2D eigenvalue weighted by molar-refractivity contribution is -0.113. The summed E-state index contributed by atoms with van der Waals surface area (Å²) in [4.78, 5) is 10.8. The Hall–Kier alpha value is -2.49. The number of hydrogen-bond donors (Lipinski definition) is 1. The van der Waals surface area contributed by atoms with Crippen LogP contribution in [0, 0.1) is 0 Å². The summed E-state index contributed by atoms with van der Waals surface area (Å²) < 4.78 is 10.5. The summed E-state index contributed by atoms with van der Waals surface area (Å²) in [6.45, 7) is 0. The Morgan fingerprint density at radius 2 is 1.89 bits per heavy atom. The summed E-state index contributed by atoms with van der Waals surface area (Å²) in [7, 11) is 3.23. The van der Waals surface area contributed by atoms with Gasteiger partial charge in [-0.2, -0.15) is 0 Å². The van der Waals surface area contributed by atoms with E-state index in [1.165, 1.54) is 6.08 Å². The van der Waals surface area contributed by atoms with E-state index in [0.717, 1.165) is 27.8 Å². The highest BCUT2D eigenvalue weighted by Crippen LogP contribution is 2.32. The summed E-state index contributed by atoms with van der Waals surface area (Å²) in [5, 5.41) is 1.89. The maximum absolute atomic E-state index is 10.8. The quantitative estimate of drug-likeness (QED) is 0.855. The minimum atomic E-state index is -0.480. The van der Waals surface area contributed by atoms with Crippen LogP contribution in [0.5, 0.6) is 11.5 Å². The van der Waals surface area contributed by atoms with E-state index < -0.39 is 5.91 Å². The molecule has 0 unspecified atom stereocenters. The van der Waals surface area contributed by atoms with Crippen LogP contribution in [0.1, 0.15) is 5.56 Å². The van der Waals surface area contributed by atoms with Crippen LogP contribution < -0.4 is 15.2 Å². The zero-order chi connectivity index (χ0) is 13.8. The molecule has 0 atom stereocenters. The van der Waals surface area contributed by atoms with E-state index in [1.807, 2.05) is 30.3 Å². The molecule has 1 amide bonds. The summed E-state index contributed by atoms with van der Waals surface area (Å²) in [6.07, 6.45) is 3.02. The van der Waals surface area contributed by atoms with Gasteiger partial charge in [0.25, 0.3) is 0 Å². The Kier molecular flexibility index (Phi) is 3.71. The number of ether oxygens (including phenoxy) is 2. The Morgan fingerprint density at radius 1 is 1.11 bits per heavy atom. The number of amides is 1. The molecule has 0 aliphatic carbocycles. The number of rotatable bonds is 4. The molecule has 0 saturated heterocycles. The topological polar surface area (TPSA) is 61.6 Å². The van der Waals surface area contributed by atoms with Crippen molar-refractivity contribution >= 4 is 22.8 Å². The van der Waals surface area contributed by atoms with E-state index in [-0.39, 0.29) is 0 Å². The monoisotopic (exact) mass is 257 g/mol. The first-order chi connectivity index (χ1) is 9.15. The van der Waals surface area contributed by atoms with Crippen molar-refractivity contribution in [3.05, 3.63) is 42.0 Å². The average molecular weight is 257 g/mol. The number of carbonyl (C=O) groups excluding carboxylic acids is 1. The molecule has 98 valence electrons. The van der Waals surface area contributed by atoms with Crippen LogP contribution in [-0.4, -0.2) is 20.1 Å². The second-order valence-corrected chi connectivity index (χ2v) is 4.00. The summed E-state index contributed by atoms with van der Waals surface area (Å²) in [5.74, 6) is 1.04. The van der Waals surface area contributed by atoms with Crippen molar-refractivity contribution in [2.24, 2.45) is 5.73 Å². The van der Waals surface area contributed by atoms with Gasteiger partial charge in [0.15, 0.2) is 0 Å². The zero-order valence-corrected chi connectivity index (χ0v) is 10.8. The Morgan fingerprint density at radius 3 is 2.53 bits per heavy atom. The van der Waals surface area contributed by atoms with Gasteiger partial charge in [0.1, 0.15) is 11.5 Å². The maximum Gasteiger partial charge on any atom is 0.241 e. The molecule has 0 spiro atoms. The van der Waals surface area contributed by atoms with E-state index in [2.05, 4.69) is 0 Å². The van der Waals surface area contributed by atoms with E-state index in [0.29, 0.717) is 0 Å². The van der Waals surface area contributed by atoms with Gasteiger partial charge in [-0.1, -0.05) is 6.07 Å². The van der Waals surface area contributed by atoms with Crippen LogP contribution in [0.25, 0.3) is 16.8 Å². The van der Waals surface area contributed by atoms with Gasteiger partial charge in [0, 0.05) is 11.5 Å². The Bertz CT molecular complexity index is 647. The number of primary amides is 1. The van der Waals surface area contributed by atoms with Gasteiger partial charge >= 0.3 is 0 Å². The molecule has 2 aromatic rings. The van der Waals surface area contributed by atoms with Gasteiger partial charge in [0.05, 0.1) is 14.2 Å². The molecule has 0 aliphatic rings. The first-order valence-corrected chi connectivity index (χ1v) is 5.78. The molecule has 0 aromatic heterocycles. The fraction of sp³-hybridized carbons (Fsp3) is 0.133. The highest BCUT2D eigenvalue weighted by molar-refractivity contribution is 5.99. The standard InChI is InChI=1S/C15H15NO3/c1-18-11-5-6-12-13(9-11)10(4-8-15(16)17)3-7-14(12)19-2/h3-9H,1-2H3,(H2,16,17)/b8-4-. The number of methoxy groups -OCH3 is 2. The second-order valence-electron chi connectivity index (χ2n) is 4.00. The van der Waals surface area contributed by atoms with Crippen LogP contribution in [0.15, 0.2) is 36.4 Å². The number of nitrogens with two attached hydrogens (primary N) is 1. The Labute approximate surface area is 111 Å². The molecule has 4 nitrogen and oxygen atoms in total. The first kappa shape index (κ1) is 13.0. The molecular formula is C15H15NO3. The molecular weight excluding hydrogens is 242 g/mol. The van der Waals surface area contributed by atoms with Crippen molar-refractivity contribution < 1.29 is 14.3 Å². The zero-order valence-electron chi connectivity index (χ0n) is 10.8. The van der Waals surface area contributed by atoms with Crippen LogP contribution >= 0.6 is 0 Å². The third-order valence-electron chi connectivity index (χ3n) is 2.86. The van der Waals surface area contributed by atoms with E-state index in [1.54, 1.807) is 20.3 Å². The van der Waals surface area contributed by atoms with Crippen molar-refractivity contribution in [1.82, 2.24) is 0 Å². The van der Waals surface area contributed by atoms with E-state index >= 15 is 0 Å². The van der Waals surface area contributed by atoms with Gasteiger partial charge in [-0.3, -0.25) is 4.79 Å². The van der Waals surface area contributed by atoms with Gasteiger partial charge < -0.3 is 15.2 Å². The molecule has 0 aliphatic heterocycles. The minimum absolute atomic E-state index is 0.480.